The van der Waals surface area contributed by atoms with Crippen molar-refractivity contribution in [3.8, 4) is 0 Å². The number of rotatable bonds is 0. The molecule has 4 heteroatoms. The Hall–Kier alpha value is 0.380. The molecule has 0 aliphatic carbocycles. The van der Waals surface area contributed by atoms with E-state index >= 15 is 0 Å². The van der Waals surface area contributed by atoms with Crippen LogP contribution < -0.4 is 0 Å². The summed E-state index contributed by atoms with van der Waals surface area (Å²) in [5.74, 6) is 0. The van der Waals surface area contributed by atoms with Crippen LogP contribution in [-0.4, -0.2) is 0 Å². The summed E-state index contributed by atoms with van der Waals surface area (Å²) in [7, 11) is 0.0401. The van der Waals surface area contributed by atoms with Gasteiger partial charge in [-0.1, -0.05) is 0 Å². The molecule has 0 unspecified atom stereocenters. The molecule has 0 saturated carbocycles. The van der Waals surface area contributed by atoms with Crippen molar-refractivity contribution in [2.75, 3.05) is 0 Å². The van der Waals surface area contributed by atoms with E-state index in [1.54, 1.807) is 0 Å². The third-order valence-corrected chi connectivity index (χ3v) is 0.278. The predicted molar refractivity (Wildman–Crippen MR) is 17.8 cm³/mol. The Morgan fingerprint density at radius 3 is 2.25 bits per heavy atom. The van der Waals surface area contributed by atoms with Crippen LogP contribution >= 0.6 is 7.15 Å². The van der Waals surface area contributed by atoms with E-state index in [0.29, 0.717) is 0 Å². The molecule has 0 radical (unpaired) electrons. The molecule has 0 saturated heterocycles. The zero-order valence-corrected chi connectivity index (χ0v) is 3.39. The average Bonchev–Trinajstić information content (AvgIpc) is 1.37. The minimum atomic E-state index is 0.0401. The van der Waals surface area contributed by atoms with Crippen LogP contribution in [0.4, 0.5) is 4.48 Å². The first-order valence-electron chi connectivity index (χ1n) is 0.552. The SMILES string of the molecule is FN=[P+]=S. The summed E-state index contributed by atoms with van der Waals surface area (Å²) in [4.78, 5) is 2.02. The molecule has 0 spiro atoms. The molecule has 0 aromatic heterocycles. The summed E-state index contributed by atoms with van der Waals surface area (Å²) in [5, 5.41) is 0. The van der Waals surface area contributed by atoms with Crippen LogP contribution in [-0.2, 0) is 11.8 Å². The van der Waals surface area contributed by atoms with Crippen molar-refractivity contribution in [3.63, 3.8) is 0 Å². The molecule has 4 heavy (non-hydrogen) atoms. The van der Waals surface area contributed by atoms with Gasteiger partial charge in [-0.05, 0) is 0 Å². The van der Waals surface area contributed by atoms with Gasteiger partial charge in [-0.25, -0.2) is 0 Å². The van der Waals surface area contributed by atoms with Gasteiger partial charge < -0.3 is 0 Å². The van der Waals surface area contributed by atoms with Crippen molar-refractivity contribution in [2.24, 2.45) is 4.97 Å². The Morgan fingerprint density at radius 1 is 2.00 bits per heavy atom. The van der Waals surface area contributed by atoms with Crippen LogP contribution in [0.5, 0.6) is 0 Å². The summed E-state index contributed by atoms with van der Waals surface area (Å²) >= 11 is 3.98. The van der Waals surface area contributed by atoms with Crippen molar-refractivity contribution in [2.45, 2.75) is 0 Å². The summed E-state index contributed by atoms with van der Waals surface area (Å²) in [5.41, 5.74) is 0. The van der Waals surface area contributed by atoms with E-state index in [2.05, 4.69) is 11.8 Å². The minimum absolute atomic E-state index is 0.0401. The molecule has 0 aliphatic rings. The van der Waals surface area contributed by atoms with Gasteiger partial charge in [0.05, 0.1) is 0 Å². The third kappa shape index (κ3) is 2.38. The van der Waals surface area contributed by atoms with Crippen molar-refractivity contribution < 1.29 is 4.48 Å². The number of nitrogens with zero attached hydrogens (tertiary/aromatic N) is 1. The van der Waals surface area contributed by atoms with Crippen LogP contribution in [0.25, 0.3) is 0 Å². The first-order valence-corrected chi connectivity index (χ1v) is 2.41. The van der Waals surface area contributed by atoms with E-state index in [1.807, 2.05) is 4.97 Å². The average molecular weight is 96.0 g/mol. The zero-order chi connectivity index (χ0) is 3.41. The van der Waals surface area contributed by atoms with Gasteiger partial charge in [0.15, 0.2) is 0 Å². The normalized spacial score (nSPS) is 5.25. The molecular formula is FNPS+. The van der Waals surface area contributed by atoms with E-state index < -0.39 is 0 Å². The molecule has 1 nitrogen and oxygen atoms in total. The molecule has 0 fully saturated rings. The maximum atomic E-state index is 10.2. The zero-order valence-electron chi connectivity index (χ0n) is 1.68. The van der Waals surface area contributed by atoms with Gasteiger partial charge in [0.25, 0.3) is 0 Å². The van der Waals surface area contributed by atoms with Crippen molar-refractivity contribution in [3.05, 3.63) is 0 Å². The second-order valence-electron chi connectivity index (χ2n) is 0.157. The fourth-order valence-electron chi connectivity index (χ4n) is 0. The maximum absolute atomic E-state index is 10.2. The first kappa shape index (κ1) is 4.38. The molecule has 0 bridgehead atoms. The predicted octanol–water partition coefficient (Wildman–Crippen LogP) is 1.46. The van der Waals surface area contributed by atoms with Crippen LogP contribution in [0.3, 0.4) is 0 Å². The topological polar surface area (TPSA) is 12.4 Å². The van der Waals surface area contributed by atoms with E-state index in [0.717, 1.165) is 0 Å². The van der Waals surface area contributed by atoms with Gasteiger partial charge in [0.2, 0.25) is 0 Å². The fraction of sp³-hybridized carbons (Fsp3) is 0. The molecule has 0 heterocycles. The quantitative estimate of drug-likeness (QED) is 0.416. The summed E-state index contributed by atoms with van der Waals surface area (Å²) in [6.07, 6.45) is 0. The summed E-state index contributed by atoms with van der Waals surface area (Å²) < 4.78 is 10.2. The molecular weight excluding hydrogens is 96.0 g/mol. The van der Waals surface area contributed by atoms with Crippen LogP contribution in [0.15, 0.2) is 4.97 Å². The fourth-order valence-corrected chi connectivity index (χ4v) is 0. The van der Waals surface area contributed by atoms with Gasteiger partial charge in [0, 0.05) is 0 Å². The van der Waals surface area contributed by atoms with Crippen LogP contribution in [0.1, 0.15) is 0 Å². The van der Waals surface area contributed by atoms with Crippen molar-refractivity contribution in [1.82, 2.24) is 0 Å². The third-order valence-electron chi connectivity index (χ3n) is 0.0309. The standard InChI is InChI=1S/FNPS/c1-2-3-4/q+1. The van der Waals surface area contributed by atoms with E-state index in [9.17, 15) is 4.48 Å². The van der Waals surface area contributed by atoms with E-state index in [4.69, 9.17) is 0 Å². The monoisotopic (exact) mass is 95.9 g/mol. The van der Waals surface area contributed by atoms with Crippen molar-refractivity contribution in [1.29, 1.82) is 0 Å². The van der Waals surface area contributed by atoms with Gasteiger partial charge in [0.1, 0.15) is 0 Å². The second-order valence-corrected chi connectivity index (χ2v) is 0.962. The Bertz CT molecular complexity index is 46.0. The van der Waals surface area contributed by atoms with Crippen molar-refractivity contribution >= 4 is 19.0 Å². The first-order chi connectivity index (χ1) is 1.91. The Morgan fingerprint density at radius 2 is 2.25 bits per heavy atom. The molecule has 0 N–H and O–H groups in total. The number of hydrogen-bond acceptors (Lipinski definition) is 2. The van der Waals surface area contributed by atoms with E-state index in [1.165, 1.54) is 0 Å². The molecule has 0 amide bonds. The van der Waals surface area contributed by atoms with E-state index in [-0.39, 0.29) is 7.15 Å². The molecule has 0 rings (SSSR count). The van der Waals surface area contributed by atoms with Gasteiger partial charge in [-0.3, -0.25) is 0 Å². The van der Waals surface area contributed by atoms with Crippen LogP contribution in [0, 0.1) is 0 Å². The molecule has 22 valence electrons. The Kier molecular flexibility index (Phi) is 3.70. The van der Waals surface area contributed by atoms with Crippen LogP contribution in [0.2, 0.25) is 0 Å². The Balaban J connectivity index is 3.11. The molecule has 0 aliphatic heterocycles. The molecule has 0 aromatic rings. The molecule has 0 aromatic carbocycles. The number of halogens is 1. The van der Waals surface area contributed by atoms with Gasteiger partial charge in [-0.15, -0.1) is 0 Å². The Labute approximate surface area is 29.3 Å². The molecule has 0 atom stereocenters. The number of hydrogen-bond donors (Lipinski definition) is 0. The van der Waals surface area contributed by atoms with Gasteiger partial charge >= 0.3 is 28.4 Å². The second kappa shape index (κ2) is 3.38. The van der Waals surface area contributed by atoms with Gasteiger partial charge in [-0.2, -0.15) is 0 Å². The summed E-state index contributed by atoms with van der Waals surface area (Å²) in [6, 6.07) is 0. The summed E-state index contributed by atoms with van der Waals surface area (Å²) in [6.45, 7) is 0.